The number of nitrogens with zero attached hydrogens (tertiary/aromatic N) is 2. The fraction of sp³-hybridized carbons (Fsp3) is 0.429. The molecule has 108 valence electrons. The van der Waals surface area contributed by atoms with Crippen LogP contribution in [0.2, 0.25) is 0 Å². The van der Waals surface area contributed by atoms with Gasteiger partial charge in [-0.3, -0.25) is 0 Å². The number of aliphatic hydroxyl groups is 1. The minimum Gasteiger partial charge on any atom is -0.496 e. The smallest absolute Gasteiger partial charge is 0.133 e. The standard InChI is InChI=1S/C14H17BrN2O2S/c1-3-4-11-14(20-17-16-11)12(18)8-9-5-6-13(19-2)10(15)7-9/h5-7,12,18H,3-4,8H2,1-2H3. The highest BCUT2D eigenvalue weighted by Crippen LogP contribution is 2.29. The van der Waals surface area contributed by atoms with Crippen LogP contribution < -0.4 is 4.74 Å². The predicted molar refractivity (Wildman–Crippen MR) is 83.3 cm³/mol. The number of aromatic nitrogens is 2. The summed E-state index contributed by atoms with van der Waals surface area (Å²) in [6.07, 6.45) is 1.84. The zero-order valence-electron chi connectivity index (χ0n) is 11.5. The summed E-state index contributed by atoms with van der Waals surface area (Å²) in [5.74, 6) is 0.786. The summed E-state index contributed by atoms with van der Waals surface area (Å²) >= 11 is 4.74. The van der Waals surface area contributed by atoms with E-state index in [4.69, 9.17) is 4.74 Å². The van der Waals surface area contributed by atoms with Crippen molar-refractivity contribution in [1.29, 1.82) is 0 Å². The maximum Gasteiger partial charge on any atom is 0.133 e. The van der Waals surface area contributed by atoms with Crippen molar-refractivity contribution in [2.75, 3.05) is 7.11 Å². The van der Waals surface area contributed by atoms with Crippen LogP contribution in [0.4, 0.5) is 0 Å². The summed E-state index contributed by atoms with van der Waals surface area (Å²) in [6, 6.07) is 5.82. The topological polar surface area (TPSA) is 55.2 Å². The molecular formula is C14H17BrN2O2S. The Morgan fingerprint density at radius 2 is 2.25 bits per heavy atom. The lowest BCUT2D eigenvalue weighted by Gasteiger charge is -2.11. The first-order valence-electron chi connectivity index (χ1n) is 6.47. The largest absolute Gasteiger partial charge is 0.496 e. The van der Waals surface area contributed by atoms with Crippen LogP contribution in [0, 0.1) is 0 Å². The van der Waals surface area contributed by atoms with E-state index in [1.165, 1.54) is 11.5 Å². The lowest BCUT2D eigenvalue weighted by molar-refractivity contribution is 0.181. The molecule has 0 aliphatic heterocycles. The Bertz CT molecular complexity index is 574. The van der Waals surface area contributed by atoms with E-state index in [-0.39, 0.29) is 0 Å². The number of hydrogen-bond donors (Lipinski definition) is 1. The van der Waals surface area contributed by atoms with E-state index >= 15 is 0 Å². The minimum absolute atomic E-state index is 0.545. The summed E-state index contributed by atoms with van der Waals surface area (Å²) in [5, 5.41) is 14.5. The Balaban J connectivity index is 2.12. The van der Waals surface area contributed by atoms with Gasteiger partial charge < -0.3 is 9.84 Å². The van der Waals surface area contributed by atoms with Crippen LogP contribution in [-0.2, 0) is 12.8 Å². The fourth-order valence-corrected chi connectivity index (χ4v) is 3.30. The van der Waals surface area contributed by atoms with Gasteiger partial charge in [0.1, 0.15) is 5.75 Å². The highest BCUT2D eigenvalue weighted by atomic mass is 79.9. The molecule has 1 unspecified atom stereocenters. The molecule has 0 fully saturated rings. The predicted octanol–water partition coefficient (Wildman–Crippen LogP) is 3.54. The normalized spacial score (nSPS) is 12.4. The molecule has 0 spiro atoms. The van der Waals surface area contributed by atoms with Gasteiger partial charge >= 0.3 is 0 Å². The molecule has 6 heteroatoms. The zero-order valence-corrected chi connectivity index (χ0v) is 13.9. The number of methoxy groups -OCH3 is 1. The van der Waals surface area contributed by atoms with Crippen molar-refractivity contribution in [3.63, 3.8) is 0 Å². The molecule has 0 saturated heterocycles. The minimum atomic E-state index is -0.558. The quantitative estimate of drug-likeness (QED) is 0.859. The molecule has 2 rings (SSSR count). The Labute approximate surface area is 131 Å². The maximum absolute atomic E-state index is 10.4. The molecule has 0 saturated carbocycles. The first kappa shape index (κ1) is 15.4. The van der Waals surface area contributed by atoms with Gasteiger partial charge in [0, 0.05) is 6.42 Å². The molecule has 20 heavy (non-hydrogen) atoms. The summed E-state index contributed by atoms with van der Waals surface area (Å²) in [4.78, 5) is 0.874. The van der Waals surface area contributed by atoms with E-state index in [1.807, 2.05) is 18.2 Å². The van der Waals surface area contributed by atoms with Gasteiger partial charge in [0.25, 0.3) is 0 Å². The molecule has 4 nitrogen and oxygen atoms in total. The third-order valence-electron chi connectivity index (χ3n) is 3.02. The number of halogens is 1. The number of aryl methyl sites for hydroxylation is 1. The van der Waals surface area contributed by atoms with Gasteiger partial charge in [-0.25, -0.2) is 0 Å². The van der Waals surface area contributed by atoms with Crippen LogP contribution in [0.1, 0.15) is 35.6 Å². The third-order valence-corrected chi connectivity index (χ3v) is 4.51. The van der Waals surface area contributed by atoms with Crippen molar-refractivity contribution < 1.29 is 9.84 Å². The van der Waals surface area contributed by atoms with E-state index < -0.39 is 6.10 Å². The maximum atomic E-state index is 10.4. The number of aliphatic hydroxyl groups excluding tert-OH is 1. The van der Waals surface area contributed by atoms with Gasteiger partial charge in [-0.1, -0.05) is 23.9 Å². The molecule has 2 aromatic rings. The number of ether oxygens (including phenoxy) is 1. The van der Waals surface area contributed by atoms with Crippen LogP contribution >= 0.6 is 27.5 Å². The second kappa shape index (κ2) is 7.15. The molecule has 1 aromatic carbocycles. The summed E-state index contributed by atoms with van der Waals surface area (Å²) in [5.41, 5.74) is 1.96. The Kier molecular flexibility index (Phi) is 5.51. The van der Waals surface area contributed by atoms with E-state index in [2.05, 4.69) is 32.4 Å². The molecule has 0 amide bonds. The first-order chi connectivity index (χ1) is 9.65. The molecule has 1 atom stereocenters. The molecular weight excluding hydrogens is 340 g/mol. The van der Waals surface area contributed by atoms with Crippen molar-refractivity contribution >= 4 is 27.5 Å². The summed E-state index contributed by atoms with van der Waals surface area (Å²) < 4.78 is 10.0. The molecule has 0 radical (unpaired) electrons. The number of hydrogen-bond acceptors (Lipinski definition) is 5. The zero-order chi connectivity index (χ0) is 14.5. The van der Waals surface area contributed by atoms with Gasteiger partial charge in [-0.15, -0.1) is 5.10 Å². The average molecular weight is 357 g/mol. The summed E-state index contributed by atoms with van der Waals surface area (Å²) in [6.45, 7) is 2.09. The van der Waals surface area contributed by atoms with Crippen LogP contribution in [0.15, 0.2) is 22.7 Å². The van der Waals surface area contributed by atoms with E-state index in [0.29, 0.717) is 6.42 Å². The lowest BCUT2D eigenvalue weighted by Crippen LogP contribution is -2.03. The Hall–Kier alpha value is -0.980. The van der Waals surface area contributed by atoms with Gasteiger partial charge in [-0.2, -0.15) is 0 Å². The van der Waals surface area contributed by atoms with Crippen molar-refractivity contribution in [1.82, 2.24) is 9.59 Å². The number of benzene rings is 1. The lowest BCUT2D eigenvalue weighted by atomic mass is 10.0. The van der Waals surface area contributed by atoms with Crippen molar-refractivity contribution in [3.8, 4) is 5.75 Å². The average Bonchev–Trinajstić information content (AvgIpc) is 2.88. The van der Waals surface area contributed by atoms with Crippen molar-refractivity contribution in [2.24, 2.45) is 0 Å². The fourth-order valence-electron chi connectivity index (χ4n) is 2.03. The SMILES string of the molecule is CCCc1nnsc1C(O)Cc1ccc(OC)c(Br)c1. The third kappa shape index (κ3) is 3.56. The van der Waals surface area contributed by atoms with Gasteiger partial charge in [0.2, 0.25) is 0 Å². The van der Waals surface area contributed by atoms with Crippen molar-refractivity contribution in [2.45, 2.75) is 32.3 Å². The monoisotopic (exact) mass is 356 g/mol. The highest BCUT2D eigenvalue weighted by molar-refractivity contribution is 9.10. The molecule has 0 bridgehead atoms. The van der Waals surface area contributed by atoms with Crippen LogP contribution in [0.5, 0.6) is 5.75 Å². The summed E-state index contributed by atoms with van der Waals surface area (Å²) in [7, 11) is 1.63. The first-order valence-corrected chi connectivity index (χ1v) is 8.04. The number of rotatable bonds is 6. The van der Waals surface area contributed by atoms with Gasteiger partial charge in [0.05, 0.1) is 28.3 Å². The second-order valence-corrected chi connectivity index (χ2v) is 6.16. The molecule has 0 aliphatic carbocycles. The van der Waals surface area contributed by atoms with Crippen molar-refractivity contribution in [3.05, 3.63) is 38.8 Å². The van der Waals surface area contributed by atoms with Crippen LogP contribution in [0.3, 0.4) is 0 Å². The van der Waals surface area contributed by atoms with Gasteiger partial charge in [-0.05, 0) is 51.6 Å². The second-order valence-electron chi connectivity index (χ2n) is 4.52. The van der Waals surface area contributed by atoms with E-state index in [1.54, 1.807) is 7.11 Å². The van der Waals surface area contributed by atoms with E-state index in [0.717, 1.165) is 39.2 Å². The molecule has 1 N–H and O–H groups in total. The molecule has 1 aromatic heterocycles. The van der Waals surface area contributed by atoms with Crippen LogP contribution in [-0.4, -0.2) is 21.8 Å². The van der Waals surface area contributed by atoms with Gasteiger partial charge in [0.15, 0.2) is 0 Å². The Morgan fingerprint density at radius 3 is 2.90 bits per heavy atom. The van der Waals surface area contributed by atoms with Crippen LogP contribution in [0.25, 0.3) is 0 Å². The Morgan fingerprint density at radius 1 is 1.45 bits per heavy atom. The molecule has 0 aliphatic rings. The molecule has 1 heterocycles. The van der Waals surface area contributed by atoms with E-state index in [9.17, 15) is 5.11 Å². The highest BCUT2D eigenvalue weighted by Gasteiger charge is 2.17.